The number of carbonyl (C=O) groups is 1. The maximum Gasteiger partial charge on any atom is 0.304 e. The monoisotopic (exact) mass is 246 g/mol. The molecule has 4 heteroatoms. The zero-order chi connectivity index (χ0) is 13.2. The van der Waals surface area contributed by atoms with Crippen LogP contribution in [0.4, 0.5) is 5.69 Å². The lowest BCUT2D eigenvalue weighted by Gasteiger charge is -2.29. The lowest BCUT2D eigenvalue weighted by molar-refractivity contribution is -0.138. The Balaban J connectivity index is 2.37. The van der Waals surface area contributed by atoms with E-state index in [0.717, 1.165) is 24.3 Å². The summed E-state index contributed by atoms with van der Waals surface area (Å²) in [7, 11) is 0. The molecule has 0 unspecified atom stereocenters. The average molecular weight is 246 g/mol. The Labute approximate surface area is 107 Å². The molecule has 1 aromatic rings. The van der Waals surface area contributed by atoms with Gasteiger partial charge in [-0.25, -0.2) is 0 Å². The summed E-state index contributed by atoms with van der Waals surface area (Å²) in [6.07, 6.45) is 1.95. The first-order valence-corrected chi connectivity index (χ1v) is 6.08. The fraction of sp³-hybridized carbons (Fsp3) is 0.429. The molecule has 1 N–H and O–H groups in total. The van der Waals surface area contributed by atoms with Crippen molar-refractivity contribution in [2.75, 3.05) is 18.0 Å². The third-order valence-electron chi connectivity index (χ3n) is 3.23. The lowest BCUT2D eigenvalue weighted by Crippen LogP contribution is -2.27. The van der Waals surface area contributed by atoms with Gasteiger partial charge in [-0.3, -0.25) is 9.79 Å². The summed E-state index contributed by atoms with van der Waals surface area (Å²) >= 11 is 0. The Hall–Kier alpha value is -1.84. The Bertz CT molecular complexity index is 480. The summed E-state index contributed by atoms with van der Waals surface area (Å²) in [4.78, 5) is 17.3. The Morgan fingerprint density at radius 2 is 2.17 bits per heavy atom. The van der Waals surface area contributed by atoms with Crippen LogP contribution in [0.15, 0.2) is 29.3 Å². The predicted octanol–water partition coefficient (Wildman–Crippen LogP) is 2.29. The van der Waals surface area contributed by atoms with Crippen LogP contribution in [0.1, 0.15) is 25.8 Å². The molecule has 0 aliphatic carbocycles. The predicted molar refractivity (Wildman–Crippen MR) is 72.4 cm³/mol. The SMILES string of the molecule is CC(C)(CC(=O)O)c1ccccc1N1C=NCC1. The number of hydrogen-bond acceptors (Lipinski definition) is 3. The average Bonchev–Trinajstić information content (AvgIpc) is 2.80. The van der Waals surface area contributed by atoms with Crippen LogP contribution < -0.4 is 4.90 Å². The summed E-state index contributed by atoms with van der Waals surface area (Å²) in [5.74, 6) is -0.773. The van der Waals surface area contributed by atoms with E-state index in [1.807, 2.05) is 44.5 Å². The minimum Gasteiger partial charge on any atom is -0.481 e. The van der Waals surface area contributed by atoms with Crippen LogP contribution in [-0.2, 0) is 10.2 Å². The van der Waals surface area contributed by atoms with Crippen LogP contribution in [0.2, 0.25) is 0 Å². The second-order valence-electron chi connectivity index (χ2n) is 5.19. The number of aliphatic carboxylic acids is 1. The second-order valence-corrected chi connectivity index (χ2v) is 5.19. The second kappa shape index (κ2) is 4.80. The van der Waals surface area contributed by atoms with Gasteiger partial charge >= 0.3 is 5.97 Å². The number of aliphatic imine (C=N–C) groups is 1. The number of carboxylic acid groups (broad SMARTS) is 1. The minimum absolute atomic E-state index is 0.120. The van der Waals surface area contributed by atoms with E-state index in [2.05, 4.69) is 9.89 Å². The van der Waals surface area contributed by atoms with Crippen molar-refractivity contribution in [3.05, 3.63) is 29.8 Å². The van der Waals surface area contributed by atoms with Crippen molar-refractivity contribution in [2.24, 2.45) is 4.99 Å². The van der Waals surface area contributed by atoms with Gasteiger partial charge in [0.2, 0.25) is 0 Å². The van der Waals surface area contributed by atoms with Crippen molar-refractivity contribution in [3.63, 3.8) is 0 Å². The minimum atomic E-state index is -0.773. The molecule has 0 spiro atoms. The van der Waals surface area contributed by atoms with Gasteiger partial charge < -0.3 is 10.0 Å². The maximum atomic E-state index is 11.0. The van der Waals surface area contributed by atoms with E-state index >= 15 is 0 Å². The van der Waals surface area contributed by atoms with Crippen molar-refractivity contribution in [1.29, 1.82) is 0 Å². The highest BCUT2D eigenvalue weighted by Crippen LogP contribution is 2.34. The first-order valence-electron chi connectivity index (χ1n) is 6.08. The number of benzene rings is 1. The topological polar surface area (TPSA) is 52.9 Å². The number of carboxylic acids is 1. The zero-order valence-corrected chi connectivity index (χ0v) is 10.8. The van der Waals surface area contributed by atoms with E-state index in [4.69, 9.17) is 5.11 Å². The van der Waals surface area contributed by atoms with Crippen molar-refractivity contribution in [3.8, 4) is 0 Å². The van der Waals surface area contributed by atoms with Gasteiger partial charge in [-0.1, -0.05) is 32.0 Å². The number of anilines is 1. The molecule has 1 aliphatic rings. The maximum absolute atomic E-state index is 11.0. The summed E-state index contributed by atoms with van der Waals surface area (Å²) in [5.41, 5.74) is 1.73. The smallest absolute Gasteiger partial charge is 0.304 e. The number of para-hydroxylation sites is 1. The van der Waals surface area contributed by atoms with Gasteiger partial charge in [-0.15, -0.1) is 0 Å². The van der Waals surface area contributed by atoms with Gasteiger partial charge in [-0.2, -0.15) is 0 Å². The molecule has 0 bridgehead atoms. The van der Waals surface area contributed by atoms with Gasteiger partial charge in [0.05, 0.1) is 19.3 Å². The molecular weight excluding hydrogens is 228 g/mol. The van der Waals surface area contributed by atoms with Crippen LogP contribution in [-0.4, -0.2) is 30.5 Å². The summed E-state index contributed by atoms with van der Waals surface area (Å²) in [5, 5.41) is 9.03. The van der Waals surface area contributed by atoms with Crippen LogP contribution >= 0.6 is 0 Å². The van der Waals surface area contributed by atoms with Gasteiger partial charge in [-0.05, 0) is 11.6 Å². The number of nitrogens with zero attached hydrogens (tertiary/aromatic N) is 2. The van der Waals surface area contributed by atoms with Crippen LogP contribution in [0.5, 0.6) is 0 Å². The fourth-order valence-corrected chi connectivity index (χ4v) is 2.33. The normalized spacial score (nSPS) is 15.1. The van der Waals surface area contributed by atoms with Gasteiger partial charge in [0.15, 0.2) is 0 Å². The molecule has 0 radical (unpaired) electrons. The number of rotatable bonds is 4. The Morgan fingerprint density at radius 3 is 2.78 bits per heavy atom. The molecule has 4 nitrogen and oxygen atoms in total. The van der Waals surface area contributed by atoms with Crippen molar-refractivity contribution in [1.82, 2.24) is 0 Å². The molecule has 18 heavy (non-hydrogen) atoms. The van der Waals surface area contributed by atoms with Gasteiger partial charge in [0.25, 0.3) is 0 Å². The molecular formula is C14H18N2O2. The van der Waals surface area contributed by atoms with Crippen LogP contribution in [0.25, 0.3) is 0 Å². The lowest BCUT2D eigenvalue weighted by atomic mass is 9.80. The summed E-state index contributed by atoms with van der Waals surface area (Å²) in [6, 6.07) is 7.96. The zero-order valence-electron chi connectivity index (χ0n) is 10.8. The molecule has 0 aromatic heterocycles. The highest BCUT2D eigenvalue weighted by Gasteiger charge is 2.28. The highest BCUT2D eigenvalue weighted by atomic mass is 16.4. The van der Waals surface area contributed by atoms with Crippen molar-refractivity contribution in [2.45, 2.75) is 25.7 Å². The van der Waals surface area contributed by atoms with E-state index in [-0.39, 0.29) is 6.42 Å². The van der Waals surface area contributed by atoms with E-state index in [9.17, 15) is 4.79 Å². The molecule has 0 saturated carbocycles. The third-order valence-corrected chi connectivity index (χ3v) is 3.23. The first-order chi connectivity index (χ1) is 8.50. The van der Waals surface area contributed by atoms with Crippen LogP contribution in [0.3, 0.4) is 0 Å². The van der Waals surface area contributed by atoms with E-state index in [1.54, 1.807) is 0 Å². The molecule has 1 heterocycles. The molecule has 0 saturated heterocycles. The summed E-state index contributed by atoms with van der Waals surface area (Å²) in [6.45, 7) is 5.59. The van der Waals surface area contributed by atoms with Gasteiger partial charge in [0.1, 0.15) is 0 Å². The molecule has 1 aliphatic heterocycles. The molecule has 0 fully saturated rings. The quantitative estimate of drug-likeness (QED) is 0.886. The van der Waals surface area contributed by atoms with E-state index in [0.29, 0.717) is 0 Å². The largest absolute Gasteiger partial charge is 0.481 e. The van der Waals surface area contributed by atoms with E-state index in [1.165, 1.54) is 0 Å². The van der Waals surface area contributed by atoms with Crippen LogP contribution in [0, 0.1) is 0 Å². The molecule has 1 aromatic carbocycles. The van der Waals surface area contributed by atoms with Crippen molar-refractivity contribution < 1.29 is 9.90 Å². The molecule has 0 atom stereocenters. The van der Waals surface area contributed by atoms with E-state index < -0.39 is 11.4 Å². The standard InChI is InChI=1S/C14H18N2O2/c1-14(2,9-13(17)18)11-5-3-4-6-12(11)16-8-7-15-10-16/h3-6,10H,7-9H2,1-2H3,(H,17,18). The molecule has 2 rings (SSSR count). The molecule has 96 valence electrons. The Kier molecular flexibility index (Phi) is 3.36. The Morgan fingerprint density at radius 1 is 1.44 bits per heavy atom. The van der Waals surface area contributed by atoms with Crippen molar-refractivity contribution >= 4 is 18.0 Å². The number of hydrogen-bond donors (Lipinski definition) is 1. The summed E-state index contributed by atoms with van der Waals surface area (Å²) < 4.78 is 0. The molecule has 0 amide bonds. The first kappa shape index (κ1) is 12.6. The third kappa shape index (κ3) is 2.53. The highest BCUT2D eigenvalue weighted by molar-refractivity contribution is 5.83. The fourth-order valence-electron chi connectivity index (χ4n) is 2.33. The van der Waals surface area contributed by atoms with Gasteiger partial charge in [0, 0.05) is 17.6 Å².